The molecule has 0 spiro atoms. The molecule has 4 aromatic rings. The van der Waals surface area contributed by atoms with Crippen molar-refractivity contribution in [2.75, 3.05) is 31.1 Å². The number of piperazine rings is 1. The van der Waals surface area contributed by atoms with Gasteiger partial charge in [0.15, 0.2) is 0 Å². The maximum atomic E-state index is 4.41. The van der Waals surface area contributed by atoms with E-state index in [4.69, 9.17) is 0 Å². The Labute approximate surface area is 184 Å². The summed E-state index contributed by atoms with van der Waals surface area (Å²) in [6.07, 6.45) is 5.56. The van der Waals surface area contributed by atoms with Crippen LogP contribution in [-0.2, 0) is 6.54 Å². The van der Waals surface area contributed by atoms with Crippen molar-refractivity contribution in [3.05, 3.63) is 96.1 Å². The number of aryl methyl sites for hydroxylation is 2. The predicted octanol–water partition coefficient (Wildman–Crippen LogP) is 4.65. The summed E-state index contributed by atoms with van der Waals surface area (Å²) in [5.74, 6) is 1.08. The lowest BCUT2D eigenvalue weighted by Crippen LogP contribution is -2.46. The first-order valence-electron chi connectivity index (χ1n) is 10.8. The number of rotatable bonds is 3. The topological polar surface area (TPSA) is 45.2 Å². The molecule has 1 fully saturated rings. The van der Waals surface area contributed by atoms with Crippen molar-refractivity contribution in [2.24, 2.45) is 0 Å². The second-order valence-electron chi connectivity index (χ2n) is 7.85. The second kappa shape index (κ2) is 10.1. The Morgan fingerprint density at radius 2 is 1.45 bits per heavy atom. The van der Waals surface area contributed by atoms with Gasteiger partial charge in [0.05, 0.1) is 11.2 Å². The summed E-state index contributed by atoms with van der Waals surface area (Å²) in [6, 6.07) is 20.5. The van der Waals surface area contributed by atoms with Crippen LogP contribution in [0, 0.1) is 13.8 Å². The van der Waals surface area contributed by atoms with E-state index in [0.29, 0.717) is 0 Å². The van der Waals surface area contributed by atoms with Crippen LogP contribution in [0.3, 0.4) is 0 Å². The average Bonchev–Trinajstić information content (AvgIpc) is 2.84. The van der Waals surface area contributed by atoms with E-state index in [2.05, 4.69) is 68.9 Å². The van der Waals surface area contributed by atoms with Crippen molar-refractivity contribution in [1.82, 2.24) is 19.9 Å². The first kappa shape index (κ1) is 20.9. The van der Waals surface area contributed by atoms with Gasteiger partial charge in [-0.1, -0.05) is 30.3 Å². The van der Waals surface area contributed by atoms with E-state index in [-0.39, 0.29) is 0 Å². The maximum absolute atomic E-state index is 4.41. The SMILES string of the molecule is Cc1ccc2cccnc2c1C.c1ccc(CN2CCN(c3ccccn3)CC2)nc1. The van der Waals surface area contributed by atoms with E-state index in [0.717, 1.165) is 49.8 Å². The van der Waals surface area contributed by atoms with Gasteiger partial charge in [0, 0.05) is 56.7 Å². The molecule has 1 aliphatic rings. The minimum absolute atomic E-state index is 0.941. The van der Waals surface area contributed by atoms with E-state index in [1.165, 1.54) is 16.5 Å². The Kier molecular flexibility index (Phi) is 6.85. The summed E-state index contributed by atoms with van der Waals surface area (Å²) in [5, 5.41) is 1.22. The molecule has 5 heteroatoms. The lowest BCUT2D eigenvalue weighted by molar-refractivity contribution is 0.246. The highest BCUT2D eigenvalue weighted by molar-refractivity contribution is 5.82. The summed E-state index contributed by atoms with van der Waals surface area (Å²) in [6.45, 7) is 9.36. The molecule has 1 aliphatic heterocycles. The van der Waals surface area contributed by atoms with Crippen LogP contribution in [0.4, 0.5) is 5.82 Å². The van der Waals surface area contributed by atoms with Gasteiger partial charge in [-0.15, -0.1) is 0 Å². The van der Waals surface area contributed by atoms with Crippen LogP contribution >= 0.6 is 0 Å². The number of fused-ring (bicyclic) bond motifs is 1. The number of hydrogen-bond donors (Lipinski definition) is 0. The molecule has 3 aromatic heterocycles. The van der Waals surface area contributed by atoms with E-state index in [9.17, 15) is 0 Å². The van der Waals surface area contributed by atoms with E-state index in [1.54, 1.807) is 0 Å². The van der Waals surface area contributed by atoms with Gasteiger partial charge in [0.25, 0.3) is 0 Å². The zero-order chi connectivity index (χ0) is 21.5. The molecule has 0 bridgehead atoms. The Bertz CT molecular complexity index is 1090. The summed E-state index contributed by atoms with van der Waals surface area (Å²) in [5.41, 5.74) is 4.86. The molecule has 0 saturated carbocycles. The fraction of sp³-hybridized carbons (Fsp3) is 0.269. The van der Waals surface area contributed by atoms with Crippen LogP contribution in [0.5, 0.6) is 0 Å². The Balaban J connectivity index is 0.000000166. The minimum Gasteiger partial charge on any atom is -0.354 e. The average molecular weight is 412 g/mol. The summed E-state index contributed by atoms with van der Waals surface area (Å²) in [4.78, 5) is 17.9. The lowest BCUT2D eigenvalue weighted by atomic mass is 10.1. The molecule has 0 radical (unpaired) electrons. The molecule has 0 N–H and O–H groups in total. The third kappa shape index (κ3) is 5.44. The molecular weight excluding hydrogens is 382 g/mol. The smallest absolute Gasteiger partial charge is 0.128 e. The quantitative estimate of drug-likeness (QED) is 0.491. The standard InChI is InChI=1S/C15H18N4.C11H11N/c1-3-7-16-14(5-1)13-18-9-11-19(12-10-18)15-6-2-4-8-17-15;1-8-5-6-10-4-3-7-12-11(10)9(8)2/h1-8H,9-13H2;3-7H,1-2H3. The largest absolute Gasteiger partial charge is 0.354 e. The normalized spacial score (nSPS) is 14.2. The highest BCUT2D eigenvalue weighted by Crippen LogP contribution is 2.18. The zero-order valence-electron chi connectivity index (χ0n) is 18.3. The second-order valence-corrected chi connectivity index (χ2v) is 7.85. The Morgan fingerprint density at radius 1 is 0.710 bits per heavy atom. The first-order chi connectivity index (χ1) is 15.2. The number of nitrogens with zero attached hydrogens (tertiary/aromatic N) is 5. The van der Waals surface area contributed by atoms with Gasteiger partial charge in [-0.2, -0.15) is 0 Å². The molecule has 1 aromatic carbocycles. The highest BCUT2D eigenvalue weighted by Gasteiger charge is 2.17. The van der Waals surface area contributed by atoms with E-state index in [1.807, 2.05) is 48.9 Å². The number of anilines is 1. The molecule has 31 heavy (non-hydrogen) atoms. The molecule has 5 nitrogen and oxygen atoms in total. The minimum atomic E-state index is 0.941. The van der Waals surface area contributed by atoms with Gasteiger partial charge in [-0.05, 0) is 55.3 Å². The summed E-state index contributed by atoms with van der Waals surface area (Å²) >= 11 is 0. The molecule has 5 rings (SSSR count). The number of hydrogen-bond acceptors (Lipinski definition) is 5. The summed E-state index contributed by atoms with van der Waals surface area (Å²) in [7, 11) is 0. The number of aromatic nitrogens is 3. The van der Waals surface area contributed by atoms with Gasteiger partial charge < -0.3 is 4.90 Å². The third-order valence-corrected chi connectivity index (χ3v) is 5.76. The number of pyridine rings is 3. The molecule has 0 unspecified atom stereocenters. The van der Waals surface area contributed by atoms with Crippen molar-refractivity contribution in [2.45, 2.75) is 20.4 Å². The van der Waals surface area contributed by atoms with E-state index >= 15 is 0 Å². The van der Waals surface area contributed by atoms with Crippen molar-refractivity contribution in [1.29, 1.82) is 0 Å². The van der Waals surface area contributed by atoms with Crippen LogP contribution < -0.4 is 4.90 Å². The van der Waals surface area contributed by atoms with Gasteiger partial charge in [-0.25, -0.2) is 4.98 Å². The van der Waals surface area contributed by atoms with E-state index < -0.39 is 0 Å². The van der Waals surface area contributed by atoms with Crippen molar-refractivity contribution in [3.8, 4) is 0 Å². The van der Waals surface area contributed by atoms with Crippen LogP contribution in [0.2, 0.25) is 0 Å². The van der Waals surface area contributed by atoms with Crippen LogP contribution in [-0.4, -0.2) is 46.0 Å². The predicted molar refractivity (Wildman–Crippen MR) is 127 cm³/mol. The first-order valence-corrected chi connectivity index (χ1v) is 10.8. The van der Waals surface area contributed by atoms with Gasteiger partial charge in [0.2, 0.25) is 0 Å². The molecule has 0 aliphatic carbocycles. The Morgan fingerprint density at radius 3 is 2.16 bits per heavy atom. The van der Waals surface area contributed by atoms with Crippen LogP contribution in [0.25, 0.3) is 10.9 Å². The number of benzene rings is 1. The molecular formula is C26H29N5. The third-order valence-electron chi connectivity index (χ3n) is 5.76. The van der Waals surface area contributed by atoms with Gasteiger partial charge in [0.1, 0.15) is 5.82 Å². The van der Waals surface area contributed by atoms with Crippen LogP contribution in [0.1, 0.15) is 16.8 Å². The Hall–Kier alpha value is -3.31. The molecule has 0 amide bonds. The van der Waals surface area contributed by atoms with Crippen molar-refractivity contribution in [3.63, 3.8) is 0 Å². The zero-order valence-corrected chi connectivity index (χ0v) is 18.3. The molecule has 0 atom stereocenters. The van der Waals surface area contributed by atoms with Crippen LogP contribution in [0.15, 0.2) is 79.3 Å². The van der Waals surface area contributed by atoms with Gasteiger partial charge >= 0.3 is 0 Å². The molecule has 1 saturated heterocycles. The van der Waals surface area contributed by atoms with Crippen molar-refractivity contribution >= 4 is 16.7 Å². The van der Waals surface area contributed by atoms with Gasteiger partial charge in [-0.3, -0.25) is 14.9 Å². The maximum Gasteiger partial charge on any atom is 0.128 e. The fourth-order valence-corrected chi connectivity index (χ4v) is 3.79. The monoisotopic (exact) mass is 411 g/mol. The highest BCUT2D eigenvalue weighted by atomic mass is 15.3. The molecule has 158 valence electrons. The summed E-state index contributed by atoms with van der Waals surface area (Å²) < 4.78 is 0. The lowest BCUT2D eigenvalue weighted by Gasteiger charge is -2.35. The molecule has 4 heterocycles. The van der Waals surface area contributed by atoms with Crippen molar-refractivity contribution < 1.29 is 0 Å². The fourth-order valence-electron chi connectivity index (χ4n) is 3.79.